The summed E-state index contributed by atoms with van der Waals surface area (Å²) in [5.41, 5.74) is 0.973. The molecule has 0 fully saturated rings. The van der Waals surface area contributed by atoms with Crippen LogP contribution >= 0.6 is 11.6 Å². The van der Waals surface area contributed by atoms with Crippen molar-refractivity contribution >= 4 is 17.5 Å². The standard InChI is InChI=1S/C14H17ClN2O/c1-10(2)8-13(16-3)14(18)17-9-11-4-6-12(15)7-5-11/h4-7,10,13H,8-9H2,1-2H3,(H,17,18). The van der Waals surface area contributed by atoms with Gasteiger partial charge in [0, 0.05) is 18.0 Å². The minimum Gasteiger partial charge on any atom is -0.345 e. The summed E-state index contributed by atoms with van der Waals surface area (Å²) in [6.45, 7) is 11.5. The second kappa shape index (κ2) is 7.03. The predicted octanol–water partition coefficient (Wildman–Crippen LogP) is 3.29. The van der Waals surface area contributed by atoms with E-state index in [2.05, 4.69) is 10.2 Å². The molecule has 0 bridgehead atoms. The Balaban J connectivity index is 2.49. The van der Waals surface area contributed by atoms with Crippen LogP contribution in [0, 0.1) is 12.5 Å². The zero-order chi connectivity index (χ0) is 13.5. The monoisotopic (exact) mass is 264 g/mol. The third-order valence-electron chi connectivity index (χ3n) is 2.53. The van der Waals surface area contributed by atoms with Crippen LogP contribution in [0.3, 0.4) is 0 Å². The lowest BCUT2D eigenvalue weighted by molar-refractivity contribution is -0.121. The molecule has 18 heavy (non-hydrogen) atoms. The van der Waals surface area contributed by atoms with Gasteiger partial charge in [-0.25, -0.2) is 6.57 Å². The largest absolute Gasteiger partial charge is 0.345 e. The topological polar surface area (TPSA) is 33.5 Å². The Morgan fingerprint density at radius 3 is 2.50 bits per heavy atom. The van der Waals surface area contributed by atoms with Crippen LogP contribution in [0.25, 0.3) is 4.85 Å². The molecule has 3 nitrogen and oxygen atoms in total. The summed E-state index contributed by atoms with van der Waals surface area (Å²) in [4.78, 5) is 15.2. The van der Waals surface area contributed by atoms with E-state index in [0.29, 0.717) is 23.9 Å². The van der Waals surface area contributed by atoms with E-state index in [4.69, 9.17) is 18.2 Å². The molecule has 4 heteroatoms. The van der Waals surface area contributed by atoms with Crippen molar-refractivity contribution in [3.63, 3.8) is 0 Å². The van der Waals surface area contributed by atoms with Crippen molar-refractivity contribution in [1.29, 1.82) is 0 Å². The molecule has 0 heterocycles. The number of nitrogens with one attached hydrogen (secondary N) is 1. The van der Waals surface area contributed by atoms with Gasteiger partial charge >= 0.3 is 11.9 Å². The Bertz CT molecular complexity index is 434. The molecule has 0 radical (unpaired) electrons. The van der Waals surface area contributed by atoms with E-state index in [1.807, 2.05) is 26.0 Å². The van der Waals surface area contributed by atoms with Crippen LogP contribution in [0.5, 0.6) is 0 Å². The van der Waals surface area contributed by atoms with Crippen LogP contribution in [0.15, 0.2) is 24.3 Å². The number of amides is 1. The molecule has 0 saturated heterocycles. The summed E-state index contributed by atoms with van der Waals surface area (Å²) >= 11 is 5.78. The van der Waals surface area contributed by atoms with Gasteiger partial charge in [-0.1, -0.05) is 37.6 Å². The van der Waals surface area contributed by atoms with Gasteiger partial charge in [-0.05, 0) is 23.6 Å². The molecule has 1 unspecified atom stereocenters. The Labute approximate surface area is 113 Å². The minimum atomic E-state index is -0.586. The lowest BCUT2D eigenvalue weighted by Gasteiger charge is -2.09. The van der Waals surface area contributed by atoms with Gasteiger partial charge < -0.3 is 10.2 Å². The maximum absolute atomic E-state index is 11.8. The van der Waals surface area contributed by atoms with E-state index in [9.17, 15) is 4.79 Å². The third-order valence-corrected chi connectivity index (χ3v) is 2.79. The number of halogens is 1. The van der Waals surface area contributed by atoms with E-state index >= 15 is 0 Å². The Morgan fingerprint density at radius 1 is 1.39 bits per heavy atom. The van der Waals surface area contributed by atoms with E-state index in [-0.39, 0.29) is 5.91 Å². The SMILES string of the molecule is [C-]#[N+]C(CC(C)C)C(=O)NCc1ccc(Cl)cc1. The maximum Gasteiger partial charge on any atom is 0.303 e. The van der Waals surface area contributed by atoms with Crippen LogP contribution in [0.4, 0.5) is 0 Å². The zero-order valence-electron chi connectivity index (χ0n) is 10.6. The van der Waals surface area contributed by atoms with Gasteiger partial charge in [0.1, 0.15) is 0 Å². The van der Waals surface area contributed by atoms with Crippen molar-refractivity contribution in [2.45, 2.75) is 32.9 Å². The second-order valence-corrected chi connectivity index (χ2v) is 5.06. The van der Waals surface area contributed by atoms with E-state index in [1.165, 1.54) is 0 Å². The fourth-order valence-electron chi connectivity index (χ4n) is 1.57. The highest BCUT2D eigenvalue weighted by molar-refractivity contribution is 6.30. The first kappa shape index (κ1) is 14.5. The van der Waals surface area contributed by atoms with Gasteiger partial charge in [-0.2, -0.15) is 0 Å². The molecule has 0 aliphatic rings. The van der Waals surface area contributed by atoms with Crippen LogP contribution < -0.4 is 5.32 Å². The summed E-state index contributed by atoms with van der Waals surface area (Å²) in [5, 5.41) is 3.45. The first-order valence-corrected chi connectivity index (χ1v) is 6.29. The molecule has 0 saturated carbocycles. The zero-order valence-corrected chi connectivity index (χ0v) is 11.4. The molecule has 1 aromatic carbocycles. The van der Waals surface area contributed by atoms with Crippen molar-refractivity contribution in [3.8, 4) is 0 Å². The Kier molecular flexibility index (Phi) is 5.67. The molecule has 1 N–H and O–H groups in total. The third kappa shape index (κ3) is 4.77. The summed E-state index contributed by atoms with van der Waals surface area (Å²) in [7, 11) is 0. The molecule has 96 valence electrons. The quantitative estimate of drug-likeness (QED) is 0.814. The minimum absolute atomic E-state index is 0.200. The molecule has 1 atom stereocenters. The summed E-state index contributed by atoms with van der Waals surface area (Å²) in [5.74, 6) is 0.138. The van der Waals surface area contributed by atoms with Crippen molar-refractivity contribution < 1.29 is 4.79 Å². The number of nitrogens with zero attached hydrogens (tertiary/aromatic N) is 1. The summed E-state index contributed by atoms with van der Waals surface area (Å²) in [6, 6.07) is 6.69. The van der Waals surface area contributed by atoms with Gasteiger partial charge in [-0.3, -0.25) is 4.79 Å². The molecule has 0 aromatic heterocycles. The summed E-state index contributed by atoms with van der Waals surface area (Å²) < 4.78 is 0. The van der Waals surface area contributed by atoms with Gasteiger partial charge in [0.05, 0.1) is 0 Å². The van der Waals surface area contributed by atoms with Crippen molar-refractivity contribution in [2.24, 2.45) is 5.92 Å². The molecule has 1 aromatic rings. The van der Waals surface area contributed by atoms with Crippen LogP contribution in [0.1, 0.15) is 25.8 Å². The Morgan fingerprint density at radius 2 is 2.00 bits per heavy atom. The smallest absolute Gasteiger partial charge is 0.303 e. The number of hydrogen-bond donors (Lipinski definition) is 1. The molecule has 1 rings (SSSR count). The lowest BCUT2D eigenvalue weighted by Crippen LogP contribution is -2.33. The van der Waals surface area contributed by atoms with Gasteiger partial charge in [0.15, 0.2) is 0 Å². The fourth-order valence-corrected chi connectivity index (χ4v) is 1.70. The number of carbonyl (C=O) groups excluding carboxylic acids is 1. The molecule has 0 spiro atoms. The van der Waals surface area contributed by atoms with Crippen LogP contribution in [0.2, 0.25) is 5.02 Å². The van der Waals surface area contributed by atoms with Crippen molar-refractivity contribution in [1.82, 2.24) is 5.32 Å². The molecular formula is C14H17ClN2O. The van der Waals surface area contributed by atoms with E-state index in [1.54, 1.807) is 12.1 Å². The summed E-state index contributed by atoms with van der Waals surface area (Å²) in [6.07, 6.45) is 0.593. The van der Waals surface area contributed by atoms with Crippen LogP contribution in [-0.2, 0) is 11.3 Å². The highest BCUT2D eigenvalue weighted by Gasteiger charge is 2.23. The lowest BCUT2D eigenvalue weighted by atomic mass is 10.0. The van der Waals surface area contributed by atoms with Gasteiger partial charge in [0.25, 0.3) is 0 Å². The second-order valence-electron chi connectivity index (χ2n) is 4.62. The average Bonchev–Trinajstić information content (AvgIpc) is 2.34. The van der Waals surface area contributed by atoms with E-state index in [0.717, 1.165) is 5.56 Å². The maximum atomic E-state index is 11.8. The number of benzene rings is 1. The van der Waals surface area contributed by atoms with Crippen molar-refractivity contribution in [2.75, 3.05) is 0 Å². The van der Waals surface area contributed by atoms with Crippen molar-refractivity contribution in [3.05, 3.63) is 46.3 Å². The highest BCUT2D eigenvalue weighted by atomic mass is 35.5. The predicted molar refractivity (Wildman–Crippen MR) is 73.1 cm³/mol. The molecule has 0 aliphatic carbocycles. The number of carbonyl (C=O) groups is 1. The van der Waals surface area contributed by atoms with E-state index < -0.39 is 6.04 Å². The van der Waals surface area contributed by atoms with Gasteiger partial charge in [0.2, 0.25) is 0 Å². The first-order chi connectivity index (χ1) is 8.52. The van der Waals surface area contributed by atoms with Crippen LogP contribution in [-0.4, -0.2) is 11.9 Å². The first-order valence-electron chi connectivity index (χ1n) is 5.91. The highest BCUT2D eigenvalue weighted by Crippen LogP contribution is 2.11. The Hall–Kier alpha value is -1.53. The number of rotatable bonds is 5. The average molecular weight is 265 g/mol. The normalized spacial score (nSPS) is 11.9. The molecular weight excluding hydrogens is 248 g/mol. The molecule has 0 aliphatic heterocycles. The number of hydrogen-bond acceptors (Lipinski definition) is 1. The van der Waals surface area contributed by atoms with Gasteiger partial charge in [-0.15, -0.1) is 0 Å². The molecule has 1 amide bonds. The fraction of sp³-hybridized carbons (Fsp3) is 0.429.